The Bertz CT molecular complexity index is 999. The molecule has 0 saturated carbocycles. The molecule has 158 valence electrons. The number of carbonyl (C=O) groups is 1. The number of morpholine rings is 1. The van der Waals surface area contributed by atoms with Crippen LogP contribution in [0.5, 0.6) is 5.75 Å². The third-order valence-corrected chi connectivity index (χ3v) is 5.90. The first kappa shape index (κ1) is 20.6. The number of anilines is 2. The number of aromatic amines is 1. The van der Waals surface area contributed by atoms with E-state index in [0.717, 1.165) is 54.5 Å². The van der Waals surface area contributed by atoms with Crippen LogP contribution in [-0.4, -0.2) is 54.0 Å². The minimum absolute atomic E-state index is 0.0606. The number of benzene rings is 2. The van der Waals surface area contributed by atoms with Crippen LogP contribution in [0.25, 0.3) is 11.0 Å². The van der Waals surface area contributed by atoms with Crippen molar-refractivity contribution in [3.8, 4) is 5.75 Å². The van der Waals surface area contributed by atoms with Crippen LogP contribution in [-0.2, 0) is 9.53 Å². The molecule has 2 N–H and O–H groups in total. The fraction of sp³-hybridized carbons (Fsp3) is 0.364. The van der Waals surface area contributed by atoms with E-state index in [9.17, 15) is 4.79 Å². The van der Waals surface area contributed by atoms with Crippen LogP contribution >= 0.6 is 11.8 Å². The van der Waals surface area contributed by atoms with Gasteiger partial charge in [-0.2, -0.15) is 0 Å². The molecule has 1 aliphatic rings. The third-order valence-electron chi connectivity index (χ3n) is 4.91. The van der Waals surface area contributed by atoms with Gasteiger partial charge in [0.25, 0.3) is 0 Å². The standard InChI is InChI=1S/C22H26N4O3S/c1-3-29-18-8-9-19-20(14-18)25-22(24-19)30-15(2)21(27)23-16-4-6-17(7-5-16)26-10-12-28-13-11-26/h4-9,14-15H,3,10-13H2,1-2H3,(H,23,27)(H,24,25)/t15-/m0/s1. The number of amides is 1. The lowest BCUT2D eigenvalue weighted by Crippen LogP contribution is -2.36. The molecule has 0 unspecified atom stereocenters. The monoisotopic (exact) mass is 426 g/mol. The zero-order valence-electron chi connectivity index (χ0n) is 17.2. The summed E-state index contributed by atoms with van der Waals surface area (Å²) in [5.41, 5.74) is 3.69. The number of hydrogen-bond donors (Lipinski definition) is 2. The van der Waals surface area contributed by atoms with E-state index in [1.165, 1.54) is 11.8 Å². The molecule has 0 radical (unpaired) electrons. The van der Waals surface area contributed by atoms with Crippen molar-refractivity contribution >= 4 is 40.1 Å². The van der Waals surface area contributed by atoms with Crippen molar-refractivity contribution in [1.82, 2.24) is 9.97 Å². The summed E-state index contributed by atoms with van der Waals surface area (Å²) < 4.78 is 10.9. The summed E-state index contributed by atoms with van der Waals surface area (Å²) in [7, 11) is 0. The van der Waals surface area contributed by atoms with Crippen LogP contribution in [0.4, 0.5) is 11.4 Å². The summed E-state index contributed by atoms with van der Waals surface area (Å²) in [4.78, 5) is 22.7. The number of carbonyl (C=O) groups excluding carboxylic acids is 1. The molecule has 2 heterocycles. The molecule has 0 spiro atoms. The molecule has 1 atom stereocenters. The Balaban J connectivity index is 1.36. The Morgan fingerprint density at radius 2 is 2.03 bits per heavy atom. The summed E-state index contributed by atoms with van der Waals surface area (Å²) in [6.45, 7) is 7.73. The van der Waals surface area contributed by atoms with Gasteiger partial charge in [0.15, 0.2) is 5.16 Å². The van der Waals surface area contributed by atoms with Crippen molar-refractivity contribution in [2.45, 2.75) is 24.3 Å². The van der Waals surface area contributed by atoms with Gasteiger partial charge >= 0.3 is 0 Å². The van der Waals surface area contributed by atoms with Gasteiger partial charge in [0, 0.05) is 30.5 Å². The van der Waals surface area contributed by atoms with Gasteiger partial charge < -0.3 is 24.7 Å². The van der Waals surface area contributed by atoms with Crippen LogP contribution in [0.15, 0.2) is 47.6 Å². The van der Waals surface area contributed by atoms with Gasteiger partial charge in [-0.1, -0.05) is 11.8 Å². The Labute approximate surface area is 180 Å². The molecule has 30 heavy (non-hydrogen) atoms. The summed E-state index contributed by atoms with van der Waals surface area (Å²) in [5, 5.41) is 3.40. The van der Waals surface area contributed by atoms with Gasteiger partial charge in [-0.05, 0) is 50.2 Å². The van der Waals surface area contributed by atoms with E-state index in [-0.39, 0.29) is 11.2 Å². The molecule has 1 amide bonds. The second kappa shape index (κ2) is 9.40. The topological polar surface area (TPSA) is 79.5 Å². The van der Waals surface area contributed by atoms with E-state index >= 15 is 0 Å². The molecule has 1 aliphatic heterocycles. The second-order valence-corrected chi connectivity index (χ2v) is 8.38. The predicted octanol–water partition coefficient (Wildman–Crippen LogP) is 3.92. The van der Waals surface area contributed by atoms with Crippen molar-refractivity contribution in [1.29, 1.82) is 0 Å². The number of nitrogens with zero attached hydrogens (tertiary/aromatic N) is 2. The summed E-state index contributed by atoms with van der Waals surface area (Å²) >= 11 is 1.40. The quantitative estimate of drug-likeness (QED) is 0.558. The van der Waals surface area contributed by atoms with Gasteiger partial charge in [0.1, 0.15) is 5.75 Å². The first-order chi connectivity index (χ1) is 14.6. The van der Waals surface area contributed by atoms with E-state index in [4.69, 9.17) is 9.47 Å². The lowest BCUT2D eigenvalue weighted by Gasteiger charge is -2.28. The number of imidazole rings is 1. The minimum Gasteiger partial charge on any atom is -0.494 e. The maximum Gasteiger partial charge on any atom is 0.237 e. The highest BCUT2D eigenvalue weighted by Gasteiger charge is 2.17. The number of nitrogens with one attached hydrogen (secondary N) is 2. The number of H-pyrrole nitrogens is 1. The zero-order chi connectivity index (χ0) is 20.9. The number of fused-ring (bicyclic) bond motifs is 1. The largest absolute Gasteiger partial charge is 0.494 e. The molecule has 1 fully saturated rings. The number of aromatic nitrogens is 2. The molecule has 2 aromatic carbocycles. The van der Waals surface area contributed by atoms with E-state index in [2.05, 4.69) is 20.2 Å². The van der Waals surface area contributed by atoms with Crippen molar-refractivity contribution in [2.75, 3.05) is 43.1 Å². The molecule has 3 aromatic rings. The van der Waals surface area contributed by atoms with Gasteiger partial charge in [0.2, 0.25) is 5.91 Å². The number of thioether (sulfide) groups is 1. The second-order valence-electron chi connectivity index (χ2n) is 7.05. The SMILES string of the molecule is CCOc1ccc2nc(S[C@@H](C)C(=O)Nc3ccc(N4CCOCC4)cc3)[nH]c2c1. The maximum atomic E-state index is 12.6. The number of hydrogen-bond acceptors (Lipinski definition) is 6. The van der Waals surface area contributed by atoms with Crippen molar-refractivity contribution in [3.63, 3.8) is 0 Å². The Morgan fingerprint density at radius 3 is 2.77 bits per heavy atom. The molecule has 1 saturated heterocycles. The molecule has 7 nitrogen and oxygen atoms in total. The number of ether oxygens (including phenoxy) is 2. The molecule has 1 aromatic heterocycles. The summed E-state index contributed by atoms with van der Waals surface area (Å²) in [6, 6.07) is 13.7. The first-order valence-electron chi connectivity index (χ1n) is 10.1. The summed E-state index contributed by atoms with van der Waals surface area (Å²) in [5.74, 6) is 0.742. The van der Waals surface area contributed by atoms with Crippen molar-refractivity contribution < 1.29 is 14.3 Å². The van der Waals surface area contributed by atoms with Crippen LogP contribution in [0, 0.1) is 0 Å². The highest BCUT2D eigenvalue weighted by atomic mass is 32.2. The Kier molecular flexibility index (Phi) is 6.44. The van der Waals surface area contributed by atoms with E-state index in [1.807, 2.05) is 56.3 Å². The van der Waals surface area contributed by atoms with Crippen molar-refractivity contribution in [2.24, 2.45) is 0 Å². The highest BCUT2D eigenvalue weighted by Crippen LogP contribution is 2.27. The lowest BCUT2D eigenvalue weighted by atomic mass is 10.2. The first-order valence-corrected chi connectivity index (χ1v) is 11.0. The van der Waals surface area contributed by atoms with Crippen molar-refractivity contribution in [3.05, 3.63) is 42.5 Å². The number of rotatable bonds is 7. The van der Waals surface area contributed by atoms with Gasteiger partial charge in [0.05, 0.1) is 36.1 Å². The average Bonchev–Trinajstić information content (AvgIpc) is 3.16. The smallest absolute Gasteiger partial charge is 0.237 e. The molecule has 0 bridgehead atoms. The maximum absolute atomic E-state index is 12.6. The summed E-state index contributed by atoms with van der Waals surface area (Å²) in [6.07, 6.45) is 0. The fourth-order valence-corrected chi connectivity index (χ4v) is 4.14. The Morgan fingerprint density at radius 1 is 1.27 bits per heavy atom. The molecular weight excluding hydrogens is 400 g/mol. The predicted molar refractivity (Wildman–Crippen MR) is 121 cm³/mol. The molecule has 0 aliphatic carbocycles. The molecule has 8 heteroatoms. The highest BCUT2D eigenvalue weighted by molar-refractivity contribution is 8.00. The van der Waals surface area contributed by atoms with E-state index < -0.39 is 0 Å². The molecular formula is C22H26N4O3S. The van der Waals surface area contributed by atoms with Gasteiger partial charge in [-0.15, -0.1) is 0 Å². The van der Waals surface area contributed by atoms with Gasteiger partial charge in [-0.3, -0.25) is 4.79 Å². The zero-order valence-corrected chi connectivity index (χ0v) is 18.0. The third kappa shape index (κ3) is 4.88. The fourth-order valence-electron chi connectivity index (χ4n) is 3.32. The van der Waals surface area contributed by atoms with E-state index in [1.54, 1.807) is 0 Å². The minimum atomic E-state index is -0.296. The van der Waals surface area contributed by atoms with Crippen LogP contribution in [0.2, 0.25) is 0 Å². The van der Waals surface area contributed by atoms with Crippen LogP contribution in [0.1, 0.15) is 13.8 Å². The Hall–Kier alpha value is -2.71. The van der Waals surface area contributed by atoms with Crippen LogP contribution in [0.3, 0.4) is 0 Å². The van der Waals surface area contributed by atoms with Gasteiger partial charge in [-0.25, -0.2) is 4.98 Å². The normalized spacial score (nSPS) is 15.2. The average molecular weight is 427 g/mol. The lowest BCUT2D eigenvalue weighted by molar-refractivity contribution is -0.115. The molecule has 4 rings (SSSR count). The van der Waals surface area contributed by atoms with Crippen LogP contribution < -0.4 is 15.0 Å². The van der Waals surface area contributed by atoms with E-state index in [0.29, 0.717) is 11.8 Å².